The van der Waals surface area contributed by atoms with E-state index in [0.717, 1.165) is 5.56 Å². The first-order valence-corrected chi connectivity index (χ1v) is 3.91. The van der Waals surface area contributed by atoms with Gasteiger partial charge in [0.25, 0.3) is 0 Å². The van der Waals surface area contributed by atoms with Crippen LogP contribution in [-0.2, 0) is 6.42 Å². The van der Waals surface area contributed by atoms with Gasteiger partial charge in [-0.15, -0.1) is 0 Å². The van der Waals surface area contributed by atoms with Crippen LogP contribution in [-0.4, -0.2) is 20.5 Å². The van der Waals surface area contributed by atoms with Crippen LogP contribution in [0.2, 0.25) is 0 Å². The van der Waals surface area contributed by atoms with Crippen LogP contribution in [0.4, 0.5) is 0 Å². The van der Waals surface area contributed by atoms with Crippen molar-refractivity contribution in [3.63, 3.8) is 0 Å². The van der Waals surface area contributed by atoms with Gasteiger partial charge in [-0.1, -0.05) is 0 Å². The molecule has 0 aliphatic rings. The summed E-state index contributed by atoms with van der Waals surface area (Å²) in [6.45, 7) is 0. The molecule has 0 spiro atoms. The predicted octanol–water partition coefficient (Wildman–Crippen LogP) is 0.674. The molecule has 0 aliphatic heterocycles. The maximum absolute atomic E-state index is 9.62. The second kappa shape index (κ2) is 3.40. The van der Waals surface area contributed by atoms with E-state index in [2.05, 4.69) is 15.4 Å². The molecular formula is C8H9N3O2. The number of hydrogen-bond acceptors (Lipinski definition) is 4. The summed E-state index contributed by atoms with van der Waals surface area (Å²) in [5, 5.41) is 19.5. The first-order valence-electron chi connectivity index (χ1n) is 3.91. The van der Waals surface area contributed by atoms with Gasteiger partial charge < -0.3 is 9.52 Å². The summed E-state index contributed by atoms with van der Waals surface area (Å²) in [7, 11) is 0. The first-order chi connectivity index (χ1) is 6.36. The number of furan rings is 1. The topological polar surface area (TPSA) is 74.9 Å². The molecule has 68 valence electrons. The van der Waals surface area contributed by atoms with Crippen molar-refractivity contribution < 1.29 is 9.52 Å². The number of nitrogens with one attached hydrogen (secondary N) is 1. The molecule has 1 unspecified atom stereocenters. The maximum Gasteiger partial charge on any atom is 0.111 e. The van der Waals surface area contributed by atoms with Crippen molar-refractivity contribution in [3.8, 4) is 0 Å². The minimum Gasteiger partial charge on any atom is -0.472 e. The Morgan fingerprint density at radius 3 is 3.15 bits per heavy atom. The summed E-state index contributed by atoms with van der Waals surface area (Å²) >= 11 is 0. The molecular weight excluding hydrogens is 170 g/mol. The molecule has 0 saturated heterocycles. The number of rotatable bonds is 3. The molecule has 2 rings (SSSR count). The van der Waals surface area contributed by atoms with E-state index in [1.165, 1.54) is 6.20 Å². The number of aromatic amines is 1. The van der Waals surface area contributed by atoms with Crippen LogP contribution in [0.25, 0.3) is 0 Å². The van der Waals surface area contributed by atoms with Gasteiger partial charge in [-0.2, -0.15) is 15.4 Å². The fourth-order valence-corrected chi connectivity index (χ4v) is 1.11. The van der Waals surface area contributed by atoms with E-state index in [9.17, 15) is 5.11 Å². The average molecular weight is 179 g/mol. The number of aliphatic hydroxyl groups is 1. The van der Waals surface area contributed by atoms with Gasteiger partial charge in [0.2, 0.25) is 0 Å². The van der Waals surface area contributed by atoms with Crippen LogP contribution >= 0.6 is 0 Å². The Kier molecular flexibility index (Phi) is 2.09. The monoisotopic (exact) mass is 179 g/mol. The lowest BCUT2D eigenvalue weighted by Crippen LogP contribution is -2.01. The van der Waals surface area contributed by atoms with Crippen molar-refractivity contribution in [2.24, 2.45) is 0 Å². The maximum atomic E-state index is 9.62. The molecule has 0 amide bonds. The molecule has 2 aromatic rings. The third kappa shape index (κ3) is 1.75. The summed E-state index contributed by atoms with van der Waals surface area (Å²) < 4.78 is 4.88. The number of nitrogens with zero attached hydrogens (tertiary/aromatic N) is 2. The van der Waals surface area contributed by atoms with E-state index < -0.39 is 6.10 Å². The zero-order valence-electron chi connectivity index (χ0n) is 6.84. The Labute approximate surface area is 74.4 Å². The first kappa shape index (κ1) is 8.00. The number of aromatic nitrogens is 3. The van der Waals surface area contributed by atoms with Gasteiger partial charge in [0.05, 0.1) is 18.7 Å². The lowest BCUT2D eigenvalue weighted by molar-refractivity contribution is 0.173. The van der Waals surface area contributed by atoms with Gasteiger partial charge >= 0.3 is 0 Å². The Morgan fingerprint density at radius 1 is 1.62 bits per heavy atom. The van der Waals surface area contributed by atoms with Crippen molar-refractivity contribution in [2.45, 2.75) is 12.5 Å². The second-order valence-corrected chi connectivity index (χ2v) is 2.75. The van der Waals surface area contributed by atoms with E-state index in [1.54, 1.807) is 12.5 Å². The van der Waals surface area contributed by atoms with E-state index >= 15 is 0 Å². The number of H-pyrrole nitrogens is 1. The van der Waals surface area contributed by atoms with E-state index in [1.807, 2.05) is 6.07 Å². The molecule has 0 aromatic carbocycles. The van der Waals surface area contributed by atoms with Crippen molar-refractivity contribution >= 4 is 0 Å². The van der Waals surface area contributed by atoms with E-state index in [-0.39, 0.29) is 0 Å². The minimum atomic E-state index is -0.628. The van der Waals surface area contributed by atoms with Gasteiger partial charge in [0.1, 0.15) is 11.8 Å². The minimum absolute atomic E-state index is 0.489. The van der Waals surface area contributed by atoms with Crippen molar-refractivity contribution in [1.29, 1.82) is 0 Å². The highest BCUT2D eigenvalue weighted by Crippen LogP contribution is 2.14. The largest absolute Gasteiger partial charge is 0.472 e. The van der Waals surface area contributed by atoms with Crippen molar-refractivity contribution in [1.82, 2.24) is 15.4 Å². The molecule has 0 aliphatic carbocycles. The third-order valence-electron chi connectivity index (χ3n) is 1.78. The Morgan fingerprint density at radius 2 is 2.54 bits per heavy atom. The standard InChI is InChI=1S/C8H9N3O2/c12-8(7-4-9-11-10-7)3-6-1-2-13-5-6/h1-2,4-5,8,12H,3H2,(H,9,10,11). The summed E-state index contributed by atoms with van der Waals surface area (Å²) in [4.78, 5) is 0. The molecule has 5 heteroatoms. The molecule has 2 heterocycles. The quantitative estimate of drug-likeness (QED) is 0.726. The lowest BCUT2D eigenvalue weighted by Gasteiger charge is -2.03. The molecule has 2 N–H and O–H groups in total. The zero-order valence-corrected chi connectivity index (χ0v) is 6.84. The second-order valence-electron chi connectivity index (χ2n) is 2.75. The highest BCUT2D eigenvalue weighted by molar-refractivity contribution is 5.10. The molecule has 0 bridgehead atoms. The van der Waals surface area contributed by atoms with Gasteiger partial charge in [-0.3, -0.25) is 0 Å². The van der Waals surface area contributed by atoms with Crippen LogP contribution in [0.5, 0.6) is 0 Å². The van der Waals surface area contributed by atoms with Crippen LogP contribution in [0.1, 0.15) is 17.4 Å². The Hall–Kier alpha value is -1.62. The van der Waals surface area contributed by atoms with Gasteiger partial charge in [0.15, 0.2) is 0 Å². The molecule has 0 saturated carbocycles. The fourth-order valence-electron chi connectivity index (χ4n) is 1.11. The highest BCUT2D eigenvalue weighted by atomic mass is 16.3. The van der Waals surface area contributed by atoms with Crippen molar-refractivity contribution in [2.75, 3.05) is 0 Å². The highest BCUT2D eigenvalue weighted by Gasteiger charge is 2.11. The number of aliphatic hydroxyl groups excluding tert-OH is 1. The van der Waals surface area contributed by atoms with Crippen LogP contribution in [0.15, 0.2) is 29.2 Å². The molecule has 0 radical (unpaired) electrons. The lowest BCUT2D eigenvalue weighted by atomic mass is 10.1. The summed E-state index contributed by atoms with van der Waals surface area (Å²) in [5.74, 6) is 0. The number of hydrogen-bond donors (Lipinski definition) is 2. The molecule has 13 heavy (non-hydrogen) atoms. The van der Waals surface area contributed by atoms with Gasteiger partial charge in [0, 0.05) is 6.42 Å². The zero-order chi connectivity index (χ0) is 9.10. The smallest absolute Gasteiger partial charge is 0.111 e. The summed E-state index contributed by atoms with van der Waals surface area (Å²) in [6.07, 6.45) is 4.54. The van der Waals surface area contributed by atoms with Crippen LogP contribution in [0.3, 0.4) is 0 Å². The van der Waals surface area contributed by atoms with Gasteiger partial charge in [-0.05, 0) is 11.6 Å². The molecule has 5 nitrogen and oxygen atoms in total. The third-order valence-corrected chi connectivity index (χ3v) is 1.78. The van der Waals surface area contributed by atoms with Crippen molar-refractivity contribution in [3.05, 3.63) is 36.0 Å². The fraction of sp³-hybridized carbons (Fsp3) is 0.250. The van der Waals surface area contributed by atoms with Crippen LogP contribution in [0, 0.1) is 0 Å². The SMILES string of the molecule is OC(Cc1ccoc1)c1cn[nH]n1. The Bertz CT molecular complexity index is 341. The molecule has 0 fully saturated rings. The molecule has 2 aromatic heterocycles. The average Bonchev–Trinajstić information content (AvgIpc) is 2.74. The van der Waals surface area contributed by atoms with Gasteiger partial charge in [-0.25, -0.2) is 0 Å². The summed E-state index contributed by atoms with van der Waals surface area (Å²) in [6, 6.07) is 1.81. The van der Waals surface area contributed by atoms with Crippen LogP contribution < -0.4 is 0 Å². The Balaban J connectivity index is 2.04. The van der Waals surface area contributed by atoms with E-state index in [0.29, 0.717) is 12.1 Å². The normalized spacial score (nSPS) is 13.0. The summed E-state index contributed by atoms with van der Waals surface area (Å²) in [5.41, 5.74) is 1.48. The van der Waals surface area contributed by atoms with E-state index in [4.69, 9.17) is 4.42 Å². The predicted molar refractivity (Wildman–Crippen MR) is 43.8 cm³/mol. The molecule has 1 atom stereocenters.